The summed E-state index contributed by atoms with van der Waals surface area (Å²) in [6.45, 7) is 9.55. The molecule has 2 unspecified atom stereocenters. The van der Waals surface area contributed by atoms with Gasteiger partial charge in [-0.2, -0.15) is 0 Å². The van der Waals surface area contributed by atoms with Gasteiger partial charge in [0.05, 0.1) is 6.10 Å². The molecule has 2 atom stereocenters. The fourth-order valence-electron chi connectivity index (χ4n) is 12.4. The van der Waals surface area contributed by atoms with Gasteiger partial charge >= 0.3 is 0 Å². The van der Waals surface area contributed by atoms with Crippen molar-refractivity contribution in [3.63, 3.8) is 0 Å². The zero-order chi connectivity index (χ0) is 39.0. The van der Waals surface area contributed by atoms with Crippen molar-refractivity contribution in [2.24, 2.45) is 11.3 Å². The highest BCUT2D eigenvalue weighted by Gasteiger charge is 2.39. The number of aliphatic hydroxyl groups excluding tert-OH is 1. The molecule has 298 valence electrons. The van der Waals surface area contributed by atoms with Crippen LogP contribution < -0.4 is 0 Å². The summed E-state index contributed by atoms with van der Waals surface area (Å²) in [6, 6.07) is 13.4. The topological polar surface area (TPSA) is 80.9 Å². The van der Waals surface area contributed by atoms with Gasteiger partial charge in [-0.25, -0.2) is 0 Å². The molecule has 3 aromatic carbocycles. The molecule has 0 heterocycles. The van der Waals surface area contributed by atoms with Gasteiger partial charge in [0, 0.05) is 18.8 Å². The van der Waals surface area contributed by atoms with E-state index in [0.717, 1.165) is 90.3 Å². The van der Waals surface area contributed by atoms with Crippen molar-refractivity contribution >= 4 is 0 Å². The summed E-state index contributed by atoms with van der Waals surface area (Å²) in [5.41, 5.74) is 11.4. The molecule has 4 nitrogen and oxygen atoms in total. The molecule has 0 saturated heterocycles. The lowest BCUT2D eigenvalue weighted by molar-refractivity contribution is 0.157. The average molecular weight is 755 g/mol. The molecule has 0 spiro atoms. The molecule has 4 saturated carbocycles. The Morgan fingerprint density at radius 3 is 1.16 bits per heavy atom. The predicted molar refractivity (Wildman–Crippen MR) is 227 cm³/mol. The van der Waals surface area contributed by atoms with E-state index in [2.05, 4.69) is 76.2 Å². The van der Waals surface area contributed by atoms with E-state index in [1.54, 1.807) is 0 Å². The summed E-state index contributed by atoms with van der Waals surface area (Å²) in [7, 11) is 0. The van der Waals surface area contributed by atoms with E-state index < -0.39 is 6.10 Å². The molecule has 0 aliphatic heterocycles. The third-order valence-electron chi connectivity index (χ3n) is 16.6. The van der Waals surface area contributed by atoms with Crippen molar-refractivity contribution in [2.75, 3.05) is 0 Å². The second kappa shape index (κ2) is 14.1. The van der Waals surface area contributed by atoms with Crippen LogP contribution in [0.1, 0.15) is 180 Å². The van der Waals surface area contributed by atoms with Gasteiger partial charge in [0.15, 0.2) is 0 Å². The van der Waals surface area contributed by atoms with E-state index >= 15 is 0 Å². The van der Waals surface area contributed by atoms with Crippen LogP contribution in [0.4, 0.5) is 0 Å². The molecule has 4 N–H and O–H groups in total. The Hall–Kier alpha value is -3.50. The van der Waals surface area contributed by atoms with Crippen molar-refractivity contribution in [3.05, 3.63) is 110 Å². The molecule has 3 aromatic rings. The zero-order valence-electron chi connectivity index (χ0n) is 34.7. The maximum absolute atomic E-state index is 12.4. The summed E-state index contributed by atoms with van der Waals surface area (Å²) in [5, 5.41) is 49.4. The number of rotatable bonds is 4. The minimum Gasteiger partial charge on any atom is -0.507 e. The second-order valence-electron chi connectivity index (χ2n) is 20.7. The SMILES string of the molecule is CC1(C2=CC3Cc4cc(C5(C)CCCC5)cc(c4O)Cc4cc(C5(C)CCCC5)cc(c4O)Cc4cc(C5(C)CCCC5)cc(c4O)CC(=C2)C3O)CCCC1. The maximum Gasteiger partial charge on any atom is 0.122 e. The van der Waals surface area contributed by atoms with E-state index in [-0.39, 0.29) is 33.3 Å². The number of aromatic hydroxyl groups is 3. The lowest BCUT2D eigenvalue weighted by atomic mass is 9.71. The van der Waals surface area contributed by atoms with Crippen molar-refractivity contribution in [1.29, 1.82) is 0 Å². The monoisotopic (exact) mass is 754 g/mol. The summed E-state index contributed by atoms with van der Waals surface area (Å²) in [6.07, 6.45) is 24.5. The highest BCUT2D eigenvalue weighted by atomic mass is 16.3. The molecule has 0 amide bonds. The number of fused-ring (bicyclic) bond motifs is 8. The summed E-state index contributed by atoms with van der Waals surface area (Å²) >= 11 is 0. The van der Waals surface area contributed by atoms with Gasteiger partial charge < -0.3 is 20.4 Å². The third-order valence-corrected chi connectivity index (χ3v) is 16.6. The van der Waals surface area contributed by atoms with Crippen LogP contribution in [0, 0.1) is 11.3 Å². The van der Waals surface area contributed by atoms with Crippen LogP contribution in [0.5, 0.6) is 17.2 Å². The third kappa shape index (κ3) is 6.64. The number of phenols is 3. The Bertz CT molecular complexity index is 2070. The van der Waals surface area contributed by atoms with Gasteiger partial charge in [-0.15, -0.1) is 0 Å². The van der Waals surface area contributed by atoms with Crippen molar-refractivity contribution < 1.29 is 20.4 Å². The van der Waals surface area contributed by atoms with E-state index in [0.29, 0.717) is 37.2 Å². The molecule has 4 fully saturated rings. The number of phenolic OH excluding ortho intramolecular Hbond substituents is 3. The molecule has 0 aromatic heterocycles. The quantitative estimate of drug-likeness (QED) is 0.214. The molecule has 8 bridgehead atoms. The molecular formula is C52H66O4. The van der Waals surface area contributed by atoms with Gasteiger partial charge in [-0.1, -0.05) is 128 Å². The first kappa shape index (κ1) is 38.0. The van der Waals surface area contributed by atoms with Crippen LogP contribution >= 0.6 is 0 Å². The Morgan fingerprint density at radius 2 is 0.768 bits per heavy atom. The molecule has 6 aliphatic rings. The van der Waals surface area contributed by atoms with Crippen LogP contribution in [0.15, 0.2) is 59.7 Å². The normalized spacial score (nSPS) is 26.2. The predicted octanol–water partition coefficient (Wildman–Crippen LogP) is 12.0. The second-order valence-corrected chi connectivity index (χ2v) is 20.7. The van der Waals surface area contributed by atoms with E-state index in [4.69, 9.17) is 0 Å². The minimum atomic E-state index is -0.731. The molecule has 9 rings (SSSR count). The lowest BCUT2D eigenvalue weighted by Crippen LogP contribution is -2.30. The summed E-state index contributed by atoms with van der Waals surface area (Å²) < 4.78 is 0. The molecule has 0 radical (unpaired) electrons. The van der Waals surface area contributed by atoms with Crippen LogP contribution in [-0.2, 0) is 41.9 Å². The van der Waals surface area contributed by atoms with Crippen molar-refractivity contribution in [2.45, 2.75) is 178 Å². The van der Waals surface area contributed by atoms with E-state index in [9.17, 15) is 20.4 Å². The van der Waals surface area contributed by atoms with Crippen LogP contribution in [0.2, 0.25) is 0 Å². The number of aliphatic hydroxyl groups is 1. The van der Waals surface area contributed by atoms with Gasteiger partial charge in [0.1, 0.15) is 17.2 Å². The van der Waals surface area contributed by atoms with E-state index in [1.165, 1.54) is 73.6 Å². The average Bonchev–Trinajstić information content (AvgIpc) is 4.01. The first-order valence-electron chi connectivity index (χ1n) is 22.4. The largest absolute Gasteiger partial charge is 0.507 e. The molecular weight excluding hydrogens is 689 g/mol. The molecule has 6 aliphatic carbocycles. The Balaban J connectivity index is 1.27. The number of hydrogen-bond acceptors (Lipinski definition) is 4. The Labute approximate surface area is 336 Å². The van der Waals surface area contributed by atoms with Crippen LogP contribution in [-0.4, -0.2) is 26.5 Å². The smallest absolute Gasteiger partial charge is 0.122 e. The van der Waals surface area contributed by atoms with Gasteiger partial charge in [-0.3, -0.25) is 0 Å². The molecule has 4 heteroatoms. The van der Waals surface area contributed by atoms with Crippen molar-refractivity contribution in [3.8, 4) is 17.2 Å². The fraction of sp³-hybridized carbons (Fsp3) is 0.577. The van der Waals surface area contributed by atoms with Gasteiger partial charge in [-0.05, 0) is 147 Å². The zero-order valence-corrected chi connectivity index (χ0v) is 34.7. The van der Waals surface area contributed by atoms with Gasteiger partial charge in [0.25, 0.3) is 0 Å². The van der Waals surface area contributed by atoms with Crippen LogP contribution in [0.3, 0.4) is 0 Å². The highest BCUT2D eigenvalue weighted by molar-refractivity contribution is 5.57. The maximum atomic E-state index is 12.4. The lowest BCUT2D eigenvalue weighted by Gasteiger charge is -2.35. The summed E-state index contributed by atoms with van der Waals surface area (Å²) in [5.74, 6) is 0.685. The van der Waals surface area contributed by atoms with Crippen molar-refractivity contribution in [1.82, 2.24) is 0 Å². The Morgan fingerprint density at radius 1 is 0.446 bits per heavy atom. The minimum absolute atomic E-state index is 0.0246. The fourth-order valence-corrected chi connectivity index (χ4v) is 12.4. The van der Waals surface area contributed by atoms with Crippen LogP contribution in [0.25, 0.3) is 0 Å². The molecule has 56 heavy (non-hydrogen) atoms. The highest BCUT2D eigenvalue weighted by Crippen LogP contribution is 2.51. The number of hydrogen-bond donors (Lipinski definition) is 4. The first-order chi connectivity index (χ1) is 26.8. The van der Waals surface area contributed by atoms with E-state index in [1.807, 2.05) is 0 Å². The first-order valence-corrected chi connectivity index (χ1v) is 22.4. The number of benzene rings is 3. The number of allylic oxidation sites excluding steroid dienone is 2. The standard InChI is InChI=1S/C52H66O4/c1-49(13-5-6-14-49)41-25-33-21-35-27-42(50(2)15-7-8-16-50)29-37(46(35)54)23-39-31-44(52(4)19-11-12-20-52)32-40(48(39)56)24-38-30-43(51(3)17-9-10-18-51)28-36(47(38)55)22-34(26-41)45(33)53/h25-33,45,53-56H,5-24H2,1-4H3. The summed E-state index contributed by atoms with van der Waals surface area (Å²) in [4.78, 5) is 0. The Kier molecular flexibility index (Phi) is 9.58. The van der Waals surface area contributed by atoms with Gasteiger partial charge in [0.2, 0.25) is 0 Å².